The van der Waals surface area contributed by atoms with Crippen molar-refractivity contribution in [3.05, 3.63) is 0 Å². The van der Waals surface area contributed by atoms with Gasteiger partial charge in [0, 0.05) is 26.8 Å². The Morgan fingerprint density at radius 3 is 1.96 bits per heavy atom. The number of unbranched alkanes of at least 4 members (excludes halogenated alkanes) is 2. The van der Waals surface area contributed by atoms with Gasteiger partial charge in [0.25, 0.3) is 5.69 Å². The Kier molecular flexibility index (Phi) is 20.5. The molecule has 0 radical (unpaired) electrons. The molecular weight excluding hydrogens is 447 g/mol. The van der Waals surface area contributed by atoms with E-state index in [9.17, 15) is 0 Å². The van der Waals surface area contributed by atoms with E-state index in [-0.39, 0.29) is 21.1 Å². The van der Waals surface area contributed by atoms with Crippen LogP contribution in [0, 0.1) is 11.8 Å². The van der Waals surface area contributed by atoms with E-state index in [1.54, 1.807) is 11.4 Å². The molecule has 23 heavy (non-hydrogen) atoms. The third-order valence-electron chi connectivity index (χ3n) is 4.12. The van der Waals surface area contributed by atoms with Crippen LogP contribution in [0.25, 0.3) is 0 Å². The minimum atomic E-state index is -2.28. The minimum absolute atomic E-state index is 0. The van der Waals surface area contributed by atoms with Gasteiger partial charge >= 0.3 is 0 Å². The zero-order valence-electron chi connectivity index (χ0n) is 15.2. The van der Waals surface area contributed by atoms with Gasteiger partial charge in [0.1, 0.15) is 0 Å². The monoisotopic (exact) mass is 484 g/mol. The largest absolute Gasteiger partial charge is 0.321 e. The quantitative estimate of drug-likeness (QED) is 0.115. The van der Waals surface area contributed by atoms with Crippen molar-refractivity contribution in [2.45, 2.75) is 79.1 Å². The Balaban J connectivity index is 0. The standard InChI is InChI=1S/C16H35O2PS3.Mo/c1-5-9-11-15(7-3)13-17-19(21,18-20)22-14-16(8-4)12-10-6-2;/h15-16,20H,5-14H2,1-4H3;. The van der Waals surface area contributed by atoms with Crippen molar-refractivity contribution in [2.24, 2.45) is 11.8 Å². The van der Waals surface area contributed by atoms with Crippen LogP contribution in [0.3, 0.4) is 0 Å². The molecule has 3 unspecified atom stereocenters. The molecule has 0 aromatic rings. The summed E-state index contributed by atoms with van der Waals surface area (Å²) in [5.74, 6) is 2.33. The SMILES string of the molecule is CCCCC(CC)COP(=S)(OS)SCC(CC)CCCC.[Mo]. The summed E-state index contributed by atoms with van der Waals surface area (Å²) in [6, 6.07) is 0. The molecule has 0 N–H and O–H groups in total. The van der Waals surface area contributed by atoms with Crippen LogP contribution in [0.5, 0.6) is 0 Å². The summed E-state index contributed by atoms with van der Waals surface area (Å²) in [4.78, 5) is 0. The van der Waals surface area contributed by atoms with Crippen molar-refractivity contribution >= 4 is 41.8 Å². The van der Waals surface area contributed by atoms with E-state index >= 15 is 0 Å². The first-order valence-electron chi connectivity index (χ1n) is 8.77. The molecule has 0 heterocycles. The Morgan fingerprint density at radius 2 is 1.52 bits per heavy atom. The molecule has 0 fully saturated rings. The first-order valence-corrected chi connectivity index (χ1v) is 13.4. The van der Waals surface area contributed by atoms with Crippen LogP contribution in [0.4, 0.5) is 0 Å². The molecule has 0 amide bonds. The van der Waals surface area contributed by atoms with Gasteiger partial charge in [-0.3, -0.25) is 3.97 Å². The van der Waals surface area contributed by atoms with Crippen molar-refractivity contribution in [2.75, 3.05) is 12.4 Å². The third-order valence-corrected chi connectivity index (χ3v) is 10.5. The van der Waals surface area contributed by atoms with Crippen molar-refractivity contribution in [1.82, 2.24) is 0 Å². The molecule has 7 heteroatoms. The second kappa shape index (κ2) is 17.4. The molecule has 2 nitrogen and oxygen atoms in total. The average molecular weight is 483 g/mol. The van der Waals surface area contributed by atoms with Crippen LogP contribution in [0.1, 0.15) is 79.1 Å². The van der Waals surface area contributed by atoms with Gasteiger partial charge < -0.3 is 4.52 Å². The molecule has 0 saturated carbocycles. The third kappa shape index (κ3) is 13.8. The molecule has 0 aliphatic rings. The van der Waals surface area contributed by atoms with Gasteiger partial charge in [0.15, 0.2) is 0 Å². The zero-order chi connectivity index (χ0) is 16.8. The van der Waals surface area contributed by atoms with Crippen LogP contribution in [0.2, 0.25) is 0 Å². The van der Waals surface area contributed by atoms with Gasteiger partial charge in [-0.15, -0.1) is 0 Å². The molecule has 0 saturated heterocycles. The Hall–Kier alpha value is 1.96. The molecule has 0 bridgehead atoms. The summed E-state index contributed by atoms with van der Waals surface area (Å²) in [7, 11) is 0. The van der Waals surface area contributed by atoms with Gasteiger partial charge in [-0.05, 0) is 49.4 Å². The van der Waals surface area contributed by atoms with Crippen molar-refractivity contribution < 1.29 is 29.6 Å². The zero-order valence-corrected chi connectivity index (χ0v) is 20.6. The second-order valence-electron chi connectivity index (χ2n) is 5.95. The molecule has 0 rings (SSSR count). The summed E-state index contributed by atoms with van der Waals surface area (Å²) < 4.78 is 11.3. The van der Waals surface area contributed by atoms with E-state index in [0.29, 0.717) is 18.4 Å². The topological polar surface area (TPSA) is 18.5 Å². The molecule has 3 atom stereocenters. The van der Waals surface area contributed by atoms with Crippen molar-refractivity contribution in [3.8, 4) is 0 Å². The molecule has 140 valence electrons. The molecule has 0 aliphatic carbocycles. The predicted molar refractivity (Wildman–Crippen MR) is 109 cm³/mol. The van der Waals surface area contributed by atoms with E-state index in [0.717, 1.165) is 12.2 Å². The maximum atomic E-state index is 6.02. The Labute approximate surface area is 173 Å². The average Bonchev–Trinajstić information content (AvgIpc) is 2.55. The van der Waals surface area contributed by atoms with Crippen LogP contribution >= 0.6 is 30.0 Å². The predicted octanol–water partition coefficient (Wildman–Crippen LogP) is 7.25. The fourth-order valence-corrected chi connectivity index (χ4v) is 6.66. The van der Waals surface area contributed by atoms with Gasteiger partial charge in [-0.2, -0.15) is 0 Å². The van der Waals surface area contributed by atoms with E-state index in [1.165, 1.54) is 44.9 Å². The van der Waals surface area contributed by atoms with Gasteiger partial charge in [-0.25, -0.2) is 0 Å². The number of hydrogen-bond donors (Lipinski definition) is 1. The van der Waals surface area contributed by atoms with Gasteiger partial charge in [-0.1, -0.05) is 77.6 Å². The molecule has 0 aromatic heterocycles. The Morgan fingerprint density at radius 1 is 1.00 bits per heavy atom. The molecule has 0 spiro atoms. The van der Waals surface area contributed by atoms with Gasteiger partial charge in [0.2, 0.25) is 0 Å². The summed E-state index contributed by atoms with van der Waals surface area (Å²) in [6.07, 6.45) is 9.86. The number of rotatable bonds is 15. The van der Waals surface area contributed by atoms with Gasteiger partial charge in [0.05, 0.1) is 6.61 Å². The van der Waals surface area contributed by atoms with Crippen molar-refractivity contribution in [3.63, 3.8) is 0 Å². The maximum Gasteiger partial charge on any atom is 0.258 e. The van der Waals surface area contributed by atoms with Crippen LogP contribution in [-0.2, 0) is 41.4 Å². The van der Waals surface area contributed by atoms with E-state index in [2.05, 4.69) is 40.6 Å². The molecule has 0 aromatic carbocycles. The smallest absolute Gasteiger partial charge is 0.258 e. The molecular formula is C16H35MoO2PS3. The molecule has 0 aliphatic heterocycles. The normalized spacial score (nSPS) is 16.4. The maximum absolute atomic E-state index is 6.02. The van der Waals surface area contributed by atoms with E-state index < -0.39 is 5.69 Å². The number of thiol groups is 1. The second-order valence-corrected chi connectivity index (χ2v) is 12.7. The summed E-state index contributed by atoms with van der Waals surface area (Å²) in [5, 5.41) is 0. The number of hydrogen-bond acceptors (Lipinski definition) is 5. The minimum Gasteiger partial charge on any atom is -0.321 e. The van der Waals surface area contributed by atoms with E-state index in [1.807, 2.05) is 0 Å². The fraction of sp³-hybridized carbons (Fsp3) is 1.00. The fourth-order valence-electron chi connectivity index (χ4n) is 2.27. The first-order chi connectivity index (χ1) is 10.5. The van der Waals surface area contributed by atoms with Crippen molar-refractivity contribution in [1.29, 1.82) is 0 Å². The van der Waals surface area contributed by atoms with Crippen LogP contribution in [-0.4, -0.2) is 12.4 Å². The summed E-state index contributed by atoms with van der Waals surface area (Å²) in [5.41, 5.74) is -2.28. The summed E-state index contributed by atoms with van der Waals surface area (Å²) in [6.45, 7) is 9.66. The van der Waals surface area contributed by atoms with E-state index in [4.69, 9.17) is 20.3 Å². The Bertz CT molecular complexity index is 285. The first kappa shape index (κ1) is 27.2. The summed E-state index contributed by atoms with van der Waals surface area (Å²) >= 11 is 11.3. The van der Waals surface area contributed by atoms with Crippen LogP contribution in [0.15, 0.2) is 0 Å². The van der Waals surface area contributed by atoms with Crippen LogP contribution < -0.4 is 0 Å².